The van der Waals surface area contributed by atoms with E-state index < -0.39 is 0 Å². The molecule has 4 rings (SSSR count). The lowest BCUT2D eigenvalue weighted by atomic mass is 10.1. The Labute approximate surface area is 195 Å². The van der Waals surface area contributed by atoms with E-state index in [1.165, 1.54) is 0 Å². The molecule has 3 aromatic carbocycles. The lowest BCUT2D eigenvalue weighted by Crippen LogP contribution is -2.10. The summed E-state index contributed by atoms with van der Waals surface area (Å²) in [7, 11) is 0. The van der Waals surface area contributed by atoms with Gasteiger partial charge in [-0.05, 0) is 74.9 Å². The van der Waals surface area contributed by atoms with E-state index in [0.29, 0.717) is 17.8 Å². The molecule has 1 heterocycles. The van der Waals surface area contributed by atoms with E-state index in [9.17, 15) is 0 Å². The Kier molecular flexibility index (Phi) is 6.27. The van der Waals surface area contributed by atoms with E-state index in [0.717, 1.165) is 50.4 Å². The number of benzene rings is 3. The smallest absolute Gasteiger partial charge is 0.233 e. The predicted molar refractivity (Wildman–Crippen MR) is 137 cm³/mol. The summed E-state index contributed by atoms with van der Waals surface area (Å²) in [5.41, 5.74) is 9.77. The SMILES string of the molecule is Cc1cccc(C)c1Nc1nc(Nc2c(C)cccc2C)nc(Nc2c(C)cccc2C)n1. The van der Waals surface area contributed by atoms with Gasteiger partial charge in [0.1, 0.15) is 0 Å². The third-order valence-electron chi connectivity index (χ3n) is 5.79. The molecule has 0 aliphatic carbocycles. The van der Waals surface area contributed by atoms with Crippen LogP contribution in [0.15, 0.2) is 54.6 Å². The molecule has 0 atom stereocenters. The quantitative estimate of drug-likeness (QED) is 0.302. The highest BCUT2D eigenvalue weighted by Crippen LogP contribution is 2.28. The molecular weight excluding hydrogens is 408 g/mol. The van der Waals surface area contributed by atoms with Crippen molar-refractivity contribution in [1.29, 1.82) is 0 Å². The largest absolute Gasteiger partial charge is 0.323 e. The number of anilines is 6. The van der Waals surface area contributed by atoms with E-state index in [1.54, 1.807) is 0 Å². The van der Waals surface area contributed by atoms with E-state index in [1.807, 2.05) is 18.2 Å². The molecular formula is C27H30N6. The molecule has 0 fully saturated rings. The zero-order valence-electron chi connectivity index (χ0n) is 20.0. The van der Waals surface area contributed by atoms with Crippen LogP contribution >= 0.6 is 0 Å². The molecule has 1 aromatic heterocycles. The molecule has 0 amide bonds. The number of nitrogens with zero attached hydrogens (tertiary/aromatic N) is 3. The first kappa shape index (κ1) is 22.3. The van der Waals surface area contributed by atoms with Gasteiger partial charge in [0.15, 0.2) is 0 Å². The molecule has 0 saturated carbocycles. The summed E-state index contributed by atoms with van der Waals surface area (Å²) in [5.74, 6) is 1.43. The summed E-state index contributed by atoms with van der Waals surface area (Å²) in [4.78, 5) is 14.1. The van der Waals surface area contributed by atoms with Crippen molar-refractivity contribution in [3.8, 4) is 0 Å². The van der Waals surface area contributed by atoms with E-state index >= 15 is 0 Å². The van der Waals surface area contributed by atoms with Crippen molar-refractivity contribution in [1.82, 2.24) is 15.0 Å². The van der Waals surface area contributed by atoms with Gasteiger partial charge in [0.2, 0.25) is 17.8 Å². The maximum Gasteiger partial charge on any atom is 0.233 e. The fourth-order valence-electron chi connectivity index (χ4n) is 3.91. The lowest BCUT2D eigenvalue weighted by molar-refractivity contribution is 1.06. The summed E-state index contributed by atoms with van der Waals surface area (Å²) < 4.78 is 0. The van der Waals surface area contributed by atoms with Crippen molar-refractivity contribution < 1.29 is 0 Å². The molecule has 0 saturated heterocycles. The van der Waals surface area contributed by atoms with Crippen LogP contribution in [0, 0.1) is 41.5 Å². The first-order valence-electron chi connectivity index (χ1n) is 11.1. The van der Waals surface area contributed by atoms with Crippen molar-refractivity contribution >= 4 is 34.9 Å². The standard InChI is InChI=1S/C27H30N6/c1-16-10-7-11-17(2)22(16)28-25-31-26(29-23-18(3)12-8-13-19(23)4)33-27(32-25)30-24-20(5)14-9-15-21(24)6/h7-15H,1-6H3,(H3,28,29,30,31,32,33). The third kappa shape index (κ3) is 4.95. The zero-order chi connectivity index (χ0) is 23.5. The van der Waals surface area contributed by atoms with Gasteiger partial charge in [0.25, 0.3) is 0 Å². The summed E-state index contributed by atoms with van der Waals surface area (Å²) in [6.07, 6.45) is 0. The molecule has 4 aromatic rings. The molecule has 3 N–H and O–H groups in total. The Bertz CT molecular complexity index is 1080. The lowest BCUT2D eigenvalue weighted by Gasteiger charge is -2.16. The molecule has 0 radical (unpaired) electrons. The minimum absolute atomic E-state index is 0.477. The molecule has 33 heavy (non-hydrogen) atoms. The molecule has 0 aliphatic heterocycles. The van der Waals surface area contributed by atoms with Gasteiger partial charge in [-0.1, -0.05) is 54.6 Å². The minimum atomic E-state index is 0.477. The second-order valence-corrected chi connectivity index (χ2v) is 8.48. The minimum Gasteiger partial charge on any atom is -0.323 e. The summed E-state index contributed by atoms with van der Waals surface area (Å²) in [5, 5.41) is 10.2. The van der Waals surface area contributed by atoms with E-state index in [4.69, 9.17) is 15.0 Å². The van der Waals surface area contributed by atoms with Crippen LogP contribution in [0.3, 0.4) is 0 Å². The van der Waals surface area contributed by atoms with Gasteiger partial charge in [-0.15, -0.1) is 0 Å². The van der Waals surface area contributed by atoms with Crippen LogP contribution in [0.5, 0.6) is 0 Å². The van der Waals surface area contributed by atoms with Gasteiger partial charge < -0.3 is 16.0 Å². The van der Waals surface area contributed by atoms with Crippen LogP contribution < -0.4 is 16.0 Å². The Morgan fingerprint density at radius 3 is 0.818 bits per heavy atom. The number of hydrogen-bond acceptors (Lipinski definition) is 6. The van der Waals surface area contributed by atoms with Gasteiger partial charge in [0.05, 0.1) is 0 Å². The maximum atomic E-state index is 4.69. The summed E-state index contributed by atoms with van der Waals surface area (Å²) in [6, 6.07) is 18.6. The second kappa shape index (κ2) is 9.28. The fourth-order valence-corrected chi connectivity index (χ4v) is 3.91. The first-order chi connectivity index (χ1) is 15.8. The van der Waals surface area contributed by atoms with Crippen molar-refractivity contribution in [2.75, 3.05) is 16.0 Å². The Morgan fingerprint density at radius 1 is 0.394 bits per heavy atom. The number of aryl methyl sites for hydroxylation is 6. The number of nitrogens with one attached hydrogen (secondary N) is 3. The van der Waals surface area contributed by atoms with Crippen LogP contribution in [0.2, 0.25) is 0 Å². The van der Waals surface area contributed by atoms with Crippen molar-refractivity contribution in [2.45, 2.75) is 41.5 Å². The van der Waals surface area contributed by atoms with Gasteiger partial charge >= 0.3 is 0 Å². The van der Waals surface area contributed by atoms with Gasteiger partial charge in [0, 0.05) is 17.1 Å². The molecule has 0 unspecified atom stereocenters. The fraction of sp³-hybridized carbons (Fsp3) is 0.222. The van der Waals surface area contributed by atoms with E-state index in [-0.39, 0.29) is 0 Å². The average Bonchev–Trinajstić information content (AvgIpc) is 2.76. The van der Waals surface area contributed by atoms with E-state index in [2.05, 4.69) is 93.9 Å². The predicted octanol–water partition coefficient (Wildman–Crippen LogP) is 6.95. The van der Waals surface area contributed by atoms with Crippen LogP contribution in [-0.2, 0) is 0 Å². The number of para-hydroxylation sites is 3. The molecule has 6 nitrogen and oxygen atoms in total. The number of hydrogen-bond donors (Lipinski definition) is 3. The topological polar surface area (TPSA) is 74.8 Å². The van der Waals surface area contributed by atoms with Crippen molar-refractivity contribution in [2.24, 2.45) is 0 Å². The molecule has 6 heteroatoms. The summed E-state index contributed by atoms with van der Waals surface area (Å²) >= 11 is 0. The number of aromatic nitrogens is 3. The Balaban J connectivity index is 1.77. The highest BCUT2D eigenvalue weighted by atomic mass is 15.3. The molecule has 0 bridgehead atoms. The van der Waals surface area contributed by atoms with Crippen LogP contribution in [0.4, 0.5) is 34.9 Å². The molecule has 168 valence electrons. The Morgan fingerprint density at radius 2 is 0.606 bits per heavy atom. The van der Waals surface area contributed by atoms with Crippen molar-refractivity contribution in [3.63, 3.8) is 0 Å². The van der Waals surface area contributed by atoms with Crippen molar-refractivity contribution in [3.05, 3.63) is 88.0 Å². The molecule has 0 spiro atoms. The highest BCUT2D eigenvalue weighted by Gasteiger charge is 2.13. The highest BCUT2D eigenvalue weighted by molar-refractivity contribution is 5.69. The maximum absolute atomic E-state index is 4.69. The van der Waals surface area contributed by atoms with Crippen LogP contribution in [0.1, 0.15) is 33.4 Å². The van der Waals surface area contributed by atoms with Crippen LogP contribution in [0.25, 0.3) is 0 Å². The Hall–Kier alpha value is -3.93. The first-order valence-corrected chi connectivity index (χ1v) is 11.1. The van der Waals surface area contributed by atoms with Gasteiger partial charge in [-0.2, -0.15) is 15.0 Å². The summed E-state index contributed by atoms with van der Waals surface area (Å²) in [6.45, 7) is 12.4. The second-order valence-electron chi connectivity index (χ2n) is 8.48. The number of rotatable bonds is 6. The van der Waals surface area contributed by atoms with Crippen LogP contribution in [-0.4, -0.2) is 15.0 Å². The average molecular weight is 439 g/mol. The van der Waals surface area contributed by atoms with Gasteiger partial charge in [-0.25, -0.2) is 0 Å². The van der Waals surface area contributed by atoms with Gasteiger partial charge in [-0.3, -0.25) is 0 Å². The third-order valence-corrected chi connectivity index (χ3v) is 5.79. The monoisotopic (exact) mass is 438 g/mol. The normalized spacial score (nSPS) is 10.7. The molecule has 0 aliphatic rings. The zero-order valence-corrected chi connectivity index (χ0v) is 20.0.